The smallest absolute Gasteiger partial charge is 0.267 e. The zero-order valence-electron chi connectivity index (χ0n) is 16.1. The number of carbonyl (C=O) groups excluding carboxylic acids is 1. The van der Waals surface area contributed by atoms with E-state index < -0.39 is 11.7 Å². The maximum absolute atomic E-state index is 13.9. The minimum Gasteiger partial charge on any atom is -0.267 e. The number of benzene rings is 3. The zero-order valence-corrected chi connectivity index (χ0v) is 16.9. The van der Waals surface area contributed by atoms with Gasteiger partial charge in [0.2, 0.25) is 0 Å². The number of nitrogens with one attached hydrogen (secondary N) is 1. The van der Waals surface area contributed by atoms with Crippen molar-refractivity contribution >= 4 is 34.5 Å². The van der Waals surface area contributed by atoms with Gasteiger partial charge in [0.25, 0.3) is 11.5 Å². The molecule has 1 heterocycles. The van der Waals surface area contributed by atoms with E-state index >= 15 is 0 Å². The third kappa shape index (κ3) is 4.36. The molecular weight excluding hydrogens is 419 g/mol. The standard InChI is InChI=1S/C23H16ClFN4O2/c24-19-11-6-12-20(25)18(19)13-26-27-22(30)21-16-9-4-5-10-17(16)23(31)29(28-21)14-15-7-2-1-3-8-15/h1-13H,14H2,(H,27,30)/b26-13-. The molecule has 3 aromatic carbocycles. The van der Waals surface area contributed by atoms with Gasteiger partial charge in [-0.1, -0.05) is 66.2 Å². The van der Waals surface area contributed by atoms with Crippen LogP contribution in [0.4, 0.5) is 4.39 Å². The normalized spacial score (nSPS) is 11.2. The predicted molar refractivity (Wildman–Crippen MR) is 118 cm³/mol. The van der Waals surface area contributed by atoms with Crippen LogP contribution < -0.4 is 11.0 Å². The molecule has 1 aromatic heterocycles. The highest BCUT2D eigenvalue weighted by atomic mass is 35.5. The van der Waals surface area contributed by atoms with Gasteiger partial charge in [-0.25, -0.2) is 14.5 Å². The first-order chi connectivity index (χ1) is 15.0. The number of carbonyl (C=O) groups is 1. The molecule has 0 atom stereocenters. The highest BCUT2D eigenvalue weighted by Gasteiger charge is 2.16. The molecule has 8 heteroatoms. The van der Waals surface area contributed by atoms with Gasteiger partial charge < -0.3 is 0 Å². The van der Waals surface area contributed by atoms with Crippen molar-refractivity contribution in [1.29, 1.82) is 0 Å². The fraction of sp³-hybridized carbons (Fsp3) is 0.0435. The quantitative estimate of drug-likeness (QED) is 0.381. The third-order valence-electron chi connectivity index (χ3n) is 4.62. The van der Waals surface area contributed by atoms with Crippen LogP contribution in [0.15, 0.2) is 82.7 Å². The largest absolute Gasteiger partial charge is 0.292 e. The third-order valence-corrected chi connectivity index (χ3v) is 4.95. The lowest BCUT2D eigenvalue weighted by Gasteiger charge is -2.10. The molecule has 6 nitrogen and oxygen atoms in total. The molecule has 0 saturated heterocycles. The number of halogens is 2. The molecule has 0 spiro atoms. The second-order valence-corrected chi connectivity index (χ2v) is 7.08. The minimum atomic E-state index is -0.637. The van der Waals surface area contributed by atoms with Crippen LogP contribution in [0, 0.1) is 5.82 Å². The molecule has 1 N–H and O–H groups in total. The Morgan fingerprint density at radius 3 is 2.48 bits per heavy atom. The lowest BCUT2D eigenvalue weighted by Crippen LogP contribution is -2.29. The maximum Gasteiger partial charge on any atom is 0.292 e. The number of nitrogens with zero attached hydrogens (tertiary/aromatic N) is 3. The first-order valence-corrected chi connectivity index (χ1v) is 9.73. The fourth-order valence-electron chi connectivity index (χ4n) is 3.11. The second kappa shape index (κ2) is 8.89. The van der Waals surface area contributed by atoms with Crippen molar-refractivity contribution in [1.82, 2.24) is 15.2 Å². The summed E-state index contributed by atoms with van der Waals surface area (Å²) in [5, 5.41) is 9.00. The molecular formula is C23H16ClFN4O2. The SMILES string of the molecule is O=C(N/N=C\c1c(F)cccc1Cl)c1nn(Cc2ccccc2)c(=O)c2ccccc12. The second-order valence-electron chi connectivity index (χ2n) is 6.68. The molecule has 31 heavy (non-hydrogen) atoms. The van der Waals surface area contributed by atoms with E-state index in [1.54, 1.807) is 24.3 Å². The van der Waals surface area contributed by atoms with Crippen LogP contribution in [0.3, 0.4) is 0 Å². The number of aromatic nitrogens is 2. The Kier molecular flexibility index (Phi) is 5.86. The topological polar surface area (TPSA) is 76.3 Å². The molecule has 4 aromatic rings. The molecule has 0 radical (unpaired) electrons. The van der Waals surface area contributed by atoms with Crippen LogP contribution in [-0.4, -0.2) is 21.9 Å². The van der Waals surface area contributed by atoms with E-state index in [-0.39, 0.29) is 28.4 Å². The Bertz CT molecular complexity index is 1330. The van der Waals surface area contributed by atoms with Crippen molar-refractivity contribution in [2.75, 3.05) is 0 Å². The van der Waals surface area contributed by atoms with Crippen molar-refractivity contribution < 1.29 is 9.18 Å². The van der Waals surface area contributed by atoms with Crippen LogP contribution in [0.25, 0.3) is 10.8 Å². The lowest BCUT2D eigenvalue weighted by molar-refractivity contribution is 0.0949. The highest BCUT2D eigenvalue weighted by Crippen LogP contribution is 2.17. The van der Waals surface area contributed by atoms with Crippen LogP contribution in [0.1, 0.15) is 21.6 Å². The van der Waals surface area contributed by atoms with E-state index in [9.17, 15) is 14.0 Å². The van der Waals surface area contributed by atoms with Crippen molar-refractivity contribution in [2.24, 2.45) is 5.10 Å². The van der Waals surface area contributed by atoms with E-state index in [0.717, 1.165) is 11.8 Å². The van der Waals surface area contributed by atoms with Crippen molar-refractivity contribution in [3.63, 3.8) is 0 Å². The maximum atomic E-state index is 13.9. The van der Waals surface area contributed by atoms with E-state index in [1.807, 2.05) is 30.3 Å². The predicted octanol–water partition coefficient (Wildman–Crippen LogP) is 4.00. The van der Waals surface area contributed by atoms with Crippen molar-refractivity contribution in [2.45, 2.75) is 6.54 Å². The van der Waals surface area contributed by atoms with Crippen LogP contribution >= 0.6 is 11.6 Å². The molecule has 0 aliphatic carbocycles. The molecule has 154 valence electrons. The summed E-state index contributed by atoms with van der Waals surface area (Å²) in [6.45, 7) is 0.207. The lowest BCUT2D eigenvalue weighted by atomic mass is 10.1. The average molecular weight is 435 g/mol. The van der Waals surface area contributed by atoms with Gasteiger partial charge in [-0.15, -0.1) is 0 Å². The monoisotopic (exact) mass is 434 g/mol. The summed E-state index contributed by atoms with van der Waals surface area (Å²) >= 11 is 5.96. The average Bonchev–Trinajstić information content (AvgIpc) is 2.78. The summed E-state index contributed by atoms with van der Waals surface area (Å²) in [5.41, 5.74) is 2.97. The molecule has 0 bridgehead atoms. The van der Waals surface area contributed by atoms with Gasteiger partial charge in [-0.3, -0.25) is 9.59 Å². The van der Waals surface area contributed by atoms with Gasteiger partial charge in [0, 0.05) is 10.9 Å². The van der Waals surface area contributed by atoms with Crippen molar-refractivity contribution in [3.8, 4) is 0 Å². The number of rotatable bonds is 5. The number of fused-ring (bicyclic) bond motifs is 1. The van der Waals surface area contributed by atoms with Gasteiger partial charge in [0.15, 0.2) is 5.69 Å². The molecule has 0 saturated carbocycles. The summed E-state index contributed by atoms with van der Waals surface area (Å²) in [4.78, 5) is 25.7. The fourth-order valence-corrected chi connectivity index (χ4v) is 3.32. The molecule has 4 rings (SSSR count). The van der Waals surface area contributed by atoms with Crippen LogP contribution in [-0.2, 0) is 6.54 Å². The summed E-state index contributed by atoms with van der Waals surface area (Å²) in [5.74, 6) is -1.20. The Labute approximate surface area is 181 Å². The summed E-state index contributed by atoms with van der Waals surface area (Å²) in [7, 11) is 0. The van der Waals surface area contributed by atoms with Crippen LogP contribution in [0.5, 0.6) is 0 Å². The molecule has 0 aliphatic heterocycles. The van der Waals surface area contributed by atoms with Gasteiger partial charge in [-0.05, 0) is 23.8 Å². The van der Waals surface area contributed by atoms with Crippen molar-refractivity contribution in [3.05, 3.63) is 111 Å². The van der Waals surface area contributed by atoms with E-state index in [2.05, 4.69) is 15.6 Å². The first-order valence-electron chi connectivity index (χ1n) is 9.36. The summed E-state index contributed by atoms with van der Waals surface area (Å²) < 4.78 is 15.1. The minimum absolute atomic E-state index is 0.0305. The molecule has 0 aliphatic rings. The zero-order chi connectivity index (χ0) is 21.8. The Hall–Kier alpha value is -3.84. The van der Waals surface area contributed by atoms with E-state index in [4.69, 9.17) is 11.6 Å². The summed E-state index contributed by atoms with van der Waals surface area (Å²) in [6.07, 6.45) is 1.12. The van der Waals surface area contributed by atoms with E-state index in [1.165, 1.54) is 22.9 Å². The summed E-state index contributed by atoms with van der Waals surface area (Å²) in [6, 6.07) is 20.3. The Balaban J connectivity index is 1.69. The van der Waals surface area contributed by atoms with Crippen LogP contribution in [0.2, 0.25) is 5.02 Å². The number of hydrogen-bond donors (Lipinski definition) is 1. The molecule has 0 unspecified atom stereocenters. The van der Waals surface area contributed by atoms with Gasteiger partial charge in [0.05, 0.1) is 23.2 Å². The number of hydrazone groups is 1. The van der Waals surface area contributed by atoms with E-state index in [0.29, 0.717) is 10.8 Å². The number of hydrogen-bond acceptors (Lipinski definition) is 4. The van der Waals surface area contributed by atoms with Gasteiger partial charge in [-0.2, -0.15) is 10.2 Å². The Morgan fingerprint density at radius 1 is 1.03 bits per heavy atom. The molecule has 1 amide bonds. The first kappa shape index (κ1) is 20.4. The molecule has 0 fully saturated rings. The van der Waals surface area contributed by atoms with Gasteiger partial charge >= 0.3 is 0 Å². The Morgan fingerprint density at radius 2 is 1.74 bits per heavy atom. The number of amides is 1. The highest BCUT2D eigenvalue weighted by molar-refractivity contribution is 6.33. The van der Waals surface area contributed by atoms with Gasteiger partial charge in [0.1, 0.15) is 5.82 Å².